The fourth-order valence-corrected chi connectivity index (χ4v) is 8.21. The average molecular weight is 721 g/mol. The summed E-state index contributed by atoms with van der Waals surface area (Å²) in [5, 5.41) is 3.29. The largest absolute Gasteiger partial charge is 0.476 e. The molecule has 0 aromatic heterocycles. The molecule has 3 fully saturated rings. The normalized spacial score (nSPS) is 27.8. The highest BCUT2D eigenvalue weighted by Crippen LogP contribution is 2.45. The maximum Gasteiger partial charge on any atom is 0.410 e. The summed E-state index contributed by atoms with van der Waals surface area (Å²) in [5.74, 6) is -1.07. The van der Waals surface area contributed by atoms with Crippen molar-refractivity contribution in [3.8, 4) is 5.75 Å². The van der Waals surface area contributed by atoms with Crippen LogP contribution in [0.5, 0.6) is 5.75 Å². The van der Waals surface area contributed by atoms with Crippen LogP contribution in [0.2, 0.25) is 0 Å². The number of rotatable bonds is 11. The van der Waals surface area contributed by atoms with Crippen LogP contribution in [0, 0.1) is 17.8 Å². The number of hydrogen-bond donors (Lipinski definition) is 1. The van der Waals surface area contributed by atoms with Gasteiger partial charge in [0.1, 0.15) is 17.0 Å². The molecule has 6 rings (SSSR count). The molecule has 4 amide bonds. The van der Waals surface area contributed by atoms with Crippen LogP contribution < -0.4 is 19.9 Å². The van der Waals surface area contributed by atoms with Crippen molar-refractivity contribution in [2.75, 3.05) is 49.8 Å². The second-order valence-electron chi connectivity index (χ2n) is 16.3. The monoisotopic (exact) mass is 720 g/mol. The van der Waals surface area contributed by atoms with Gasteiger partial charge in [-0.05, 0) is 98.3 Å². The molecule has 1 aromatic carbocycles. The first-order chi connectivity index (χ1) is 24.7. The van der Waals surface area contributed by atoms with E-state index in [0.717, 1.165) is 25.7 Å². The van der Waals surface area contributed by atoms with Crippen LogP contribution in [0.1, 0.15) is 80.1 Å². The van der Waals surface area contributed by atoms with E-state index in [1.54, 1.807) is 51.5 Å². The van der Waals surface area contributed by atoms with Gasteiger partial charge in [0.25, 0.3) is 5.91 Å². The number of benzene rings is 1. The molecule has 3 aliphatic carbocycles. The van der Waals surface area contributed by atoms with E-state index in [-0.39, 0.29) is 55.2 Å². The Balaban J connectivity index is 1.27. The number of carbonyl (C=O) groups is 4. The SMILES string of the molecule is CCOC12C=CC=CC1CC[C@H]2NC(=O)[C@H]1C[C@@H](C(=O)N(c2ccc3c(c2)N(CCCOC)C(=O)C(C)(C)O3)C2CC2)CN(C(=O)OC(C)(C)C)C1. The Morgan fingerprint density at radius 3 is 2.50 bits per heavy atom. The van der Waals surface area contributed by atoms with Crippen LogP contribution in [0.15, 0.2) is 42.5 Å². The first-order valence-electron chi connectivity index (χ1n) is 18.9. The molecule has 1 saturated heterocycles. The minimum atomic E-state index is -1.04. The van der Waals surface area contributed by atoms with Crippen molar-refractivity contribution in [3.05, 3.63) is 42.5 Å². The smallest absolute Gasteiger partial charge is 0.410 e. The van der Waals surface area contributed by atoms with Gasteiger partial charge in [-0.3, -0.25) is 14.4 Å². The van der Waals surface area contributed by atoms with E-state index in [9.17, 15) is 19.2 Å². The van der Waals surface area contributed by atoms with Gasteiger partial charge in [-0.1, -0.05) is 24.3 Å². The second-order valence-corrected chi connectivity index (χ2v) is 16.3. The Bertz CT molecular complexity index is 1600. The Morgan fingerprint density at radius 1 is 1.06 bits per heavy atom. The molecule has 2 heterocycles. The van der Waals surface area contributed by atoms with Gasteiger partial charge in [-0.2, -0.15) is 0 Å². The molecule has 0 bridgehead atoms. The number of nitrogens with zero attached hydrogens (tertiary/aromatic N) is 3. The maximum atomic E-state index is 14.7. The molecule has 2 unspecified atom stereocenters. The number of likely N-dealkylation sites (tertiary alicyclic amines) is 1. The quantitative estimate of drug-likeness (QED) is 0.302. The zero-order valence-corrected chi connectivity index (χ0v) is 31.8. The summed E-state index contributed by atoms with van der Waals surface area (Å²) in [6, 6.07) is 5.29. The highest BCUT2D eigenvalue weighted by Gasteiger charge is 2.51. The highest BCUT2D eigenvalue weighted by atomic mass is 16.6. The molecular formula is C40H56N4O8. The molecular weight excluding hydrogens is 664 g/mol. The van der Waals surface area contributed by atoms with E-state index >= 15 is 0 Å². The summed E-state index contributed by atoms with van der Waals surface area (Å²) >= 11 is 0. The fraction of sp³-hybridized carbons (Fsp3) is 0.650. The number of nitrogens with one attached hydrogen (secondary N) is 1. The lowest BCUT2D eigenvalue weighted by molar-refractivity contribution is -0.133. The van der Waals surface area contributed by atoms with E-state index in [1.807, 2.05) is 37.3 Å². The molecule has 1 aromatic rings. The highest BCUT2D eigenvalue weighted by molar-refractivity contribution is 6.04. The number of ether oxygens (including phenoxy) is 4. The average Bonchev–Trinajstić information content (AvgIpc) is 3.87. The summed E-state index contributed by atoms with van der Waals surface area (Å²) in [6.07, 6.45) is 11.9. The van der Waals surface area contributed by atoms with Crippen LogP contribution in [0.3, 0.4) is 0 Å². The third-order valence-electron chi connectivity index (χ3n) is 10.8. The summed E-state index contributed by atoms with van der Waals surface area (Å²) < 4.78 is 23.5. The first kappa shape index (κ1) is 37.8. The van der Waals surface area contributed by atoms with Crippen LogP contribution in [-0.2, 0) is 28.6 Å². The van der Waals surface area contributed by atoms with Crippen LogP contribution >= 0.6 is 0 Å². The van der Waals surface area contributed by atoms with Crippen molar-refractivity contribution >= 4 is 35.2 Å². The molecule has 12 heteroatoms. The van der Waals surface area contributed by atoms with Crippen molar-refractivity contribution < 1.29 is 38.1 Å². The van der Waals surface area contributed by atoms with Gasteiger partial charge in [-0.25, -0.2) is 4.79 Å². The third kappa shape index (κ3) is 7.74. The van der Waals surface area contributed by atoms with Gasteiger partial charge < -0.3 is 39.0 Å². The van der Waals surface area contributed by atoms with Gasteiger partial charge in [0.15, 0.2) is 5.60 Å². The summed E-state index contributed by atoms with van der Waals surface area (Å²) in [4.78, 5) is 61.1. The van der Waals surface area contributed by atoms with Crippen molar-refractivity contribution in [1.82, 2.24) is 10.2 Å². The van der Waals surface area contributed by atoms with Crippen LogP contribution in [0.25, 0.3) is 0 Å². The molecule has 284 valence electrons. The van der Waals surface area contributed by atoms with Crippen molar-refractivity contribution in [3.63, 3.8) is 0 Å². The number of allylic oxidation sites excluding steroid dienone is 2. The zero-order valence-electron chi connectivity index (χ0n) is 31.8. The summed E-state index contributed by atoms with van der Waals surface area (Å²) in [5.41, 5.74) is -1.15. The zero-order chi connectivity index (χ0) is 37.4. The predicted molar refractivity (Wildman–Crippen MR) is 197 cm³/mol. The Kier molecular flexibility index (Phi) is 10.8. The Hall–Kier alpha value is -3.90. The van der Waals surface area contributed by atoms with Crippen LogP contribution in [0.4, 0.5) is 16.2 Å². The molecule has 2 saturated carbocycles. The first-order valence-corrected chi connectivity index (χ1v) is 18.9. The molecule has 5 aliphatic rings. The number of piperidine rings is 1. The number of fused-ring (bicyclic) bond motifs is 2. The van der Waals surface area contributed by atoms with Gasteiger partial charge in [0, 0.05) is 57.6 Å². The van der Waals surface area contributed by atoms with Crippen molar-refractivity contribution in [1.29, 1.82) is 0 Å². The number of methoxy groups -OCH3 is 1. The van der Waals surface area contributed by atoms with E-state index in [1.165, 1.54) is 4.90 Å². The maximum absolute atomic E-state index is 14.7. The lowest BCUT2D eigenvalue weighted by atomic mass is 9.83. The minimum Gasteiger partial charge on any atom is -0.476 e. The molecule has 2 aliphatic heterocycles. The second kappa shape index (κ2) is 14.9. The predicted octanol–water partition coefficient (Wildman–Crippen LogP) is 5.39. The molecule has 12 nitrogen and oxygen atoms in total. The topological polar surface area (TPSA) is 127 Å². The number of hydrogen-bond acceptors (Lipinski definition) is 8. The Labute approximate surface area is 307 Å². The van der Waals surface area contributed by atoms with Gasteiger partial charge in [0.2, 0.25) is 11.8 Å². The molecule has 0 radical (unpaired) electrons. The standard InChI is InChI=1S/C40H56N4O8/c1-8-50-40-19-10-9-12-28(40)13-18-33(40)41-34(45)26-22-27(25-42(24-26)37(48)52-38(2,3)4)35(46)44(29-14-15-29)30-16-17-32-31(23-30)43(20-11-21-49-7)36(47)39(5,6)51-32/h9-10,12,16-17,19,23,26-29,33H,8,11,13-15,18,20-22,24-25H2,1-7H3,(H,41,45)/t26-,27+,28?,33+,40?/m0/s1. The van der Waals surface area contributed by atoms with Gasteiger partial charge in [-0.15, -0.1) is 0 Å². The van der Waals surface area contributed by atoms with E-state index < -0.39 is 34.7 Å². The molecule has 1 N–H and O–H groups in total. The van der Waals surface area contributed by atoms with Crippen molar-refractivity contribution in [2.45, 2.75) is 109 Å². The third-order valence-corrected chi connectivity index (χ3v) is 10.8. The molecule has 52 heavy (non-hydrogen) atoms. The summed E-state index contributed by atoms with van der Waals surface area (Å²) in [6.45, 7) is 12.6. The Morgan fingerprint density at radius 2 is 1.81 bits per heavy atom. The molecule has 0 spiro atoms. The minimum absolute atomic E-state index is 0.0269. The van der Waals surface area contributed by atoms with Crippen LogP contribution in [-0.4, -0.2) is 97.6 Å². The number of carbonyl (C=O) groups excluding carboxylic acids is 4. The number of anilines is 2. The fourth-order valence-electron chi connectivity index (χ4n) is 8.21. The van der Waals surface area contributed by atoms with E-state index in [4.69, 9.17) is 18.9 Å². The lowest BCUT2D eigenvalue weighted by Crippen LogP contribution is -2.57. The molecule has 5 atom stereocenters. The summed E-state index contributed by atoms with van der Waals surface area (Å²) in [7, 11) is 1.63. The lowest BCUT2D eigenvalue weighted by Gasteiger charge is -2.41. The van der Waals surface area contributed by atoms with E-state index in [0.29, 0.717) is 43.3 Å². The van der Waals surface area contributed by atoms with Gasteiger partial charge in [0.05, 0.1) is 23.6 Å². The van der Waals surface area contributed by atoms with Crippen molar-refractivity contribution in [2.24, 2.45) is 17.8 Å². The van der Waals surface area contributed by atoms with E-state index in [2.05, 4.69) is 17.5 Å². The van der Waals surface area contributed by atoms with Gasteiger partial charge >= 0.3 is 6.09 Å². The number of amides is 4.